The van der Waals surface area contributed by atoms with Crippen LogP contribution in [0.2, 0.25) is 0 Å². The zero-order chi connectivity index (χ0) is 22.6. The van der Waals surface area contributed by atoms with Crippen molar-refractivity contribution in [2.75, 3.05) is 39.2 Å². The normalized spacial score (nSPS) is 23.2. The van der Waals surface area contributed by atoms with Gasteiger partial charge in [0, 0.05) is 44.4 Å². The summed E-state index contributed by atoms with van der Waals surface area (Å²) in [6, 6.07) is 3.89. The van der Waals surface area contributed by atoms with E-state index in [2.05, 4.69) is 18.0 Å². The Morgan fingerprint density at radius 1 is 1.31 bits per heavy atom. The molecule has 2 aliphatic rings. The summed E-state index contributed by atoms with van der Waals surface area (Å²) in [5, 5.41) is 0.969. The first-order valence-corrected chi connectivity index (χ1v) is 12.6. The monoisotopic (exact) mass is 462 g/mol. The van der Waals surface area contributed by atoms with Crippen LogP contribution in [0.4, 0.5) is 0 Å². The molecule has 0 N–H and O–H groups in total. The lowest BCUT2D eigenvalue weighted by Crippen LogP contribution is -2.77. The van der Waals surface area contributed by atoms with Crippen molar-refractivity contribution in [3.63, 3.8) is 0 Å². The third kappa shape index (κ3) is 4.83. The lowest BCUT2D eigenvalue weighted by Gasteiger charge is -2.54. The number of carbonyl (C=O) groups is 1. The summed E-state index contributed by atoms with van der Waals surface area (Å²) in [5.41, 5.74) is 0.637. The molecule has 0 radical (unpaired) electrons. The summed E-state index contributed by atoms with van der Waals surface area (Å²) in [7, 11) is 3.18. The van der Waals surface area contributed by atoms with Crippen molar-refractivity contribution in [2.24, 2.45) is 5.92 Å². The van der Waals surface area contributed by atoms with Crippen LogP contribution >= 0.6 is 11.8 Å². The molecule has 1 saturated carbocycles. The fourth-order valence-electron chi connectivity index (χ4n) is 4.47. The molecule has 8 heteroatoms. The summed E-state index contributed by atoms with van der Waals surface area (Å²) in [6.07, 6.45) is 8.01. The summed E-state index contributed by atoms with van der Waals surface area (Å²) in [5.74, 6) is 3.58. The molecule has 2 fully saturated rings. The second kappa shape index (κ2) is 10.5. The Morgan fingerprint density at radius 3 is 2.88 bits per heavy atom. The van der Waals surface area contributed by atoms with Crippen LogP contribution in [0.25, 0.3) is 11.0 Å². The van der Waals surface area contributed by atoms with Crippen LogP contribution in [0.15, 0.2) is 22.7 Å². The fraction of sp³-hybridized carbons (Fsp3) is 0.667. The molecule has 0 aromatic carbocycles. The lowest BCUT2D eigenvalue weighted by atomic mass is 9.79. The van der Waals surface area contributed by atoms with Crippen molar-refractivity contribution in [1.29, 1.82) is 0 Å². The van der Waals surface area contributed by atoms with Crippen LogP contribution in [-0.4, -0.2) is 66.7 Å². The van der Waals surface area contributed by atoms with Gasteiger partial charge in [0.2, 0.25) is 0 Å². The number of aromatic nitrogens is 1. The van der Waals surface area contributed by atoms with Crippen molar-refractivity contribution < 1.29 is 23.4 Å². The third-order valence-electron chi connectivity index (χ3n) is 6.37. The Kier molecular flexibility index (Phi) is 7.76. The molecule has 4 rings (SSSR count). The highest BCUT2D eigenvalue weighted by atomic mass is 32.2. The zero-order valence-electron chi connectivity index (χ0n) is 19.3. The molecule has 32 heavy (non-hydrogen) atoms. The van der Waals surface area contributed by atoms with E-state index in [-0.39, 0.29) is 25.5 Å². The Balaban J connectivity index is 1.60. The van der Waals surface area contributed by atoms with Gasteiger partial charge in [-0.1, -0.05) is 19.8 Å². The smallest absolute Gasteiger partial charge is 0.259 e. The van der Waals surface area contributed by atoms with Gasteiger partial charge in [0.05, 0.1) is 11.7 Å². The number of thioether (sulfide) groups is 1. The summed E-state index contributed by atoms with van der Waals surface area (Å²) >= 11 is 1.83. The van der Waals surface area contributed by atoms with Gasteiger partial charge in [-0.3, -0.25) is 9.78 Å². The van der Waals surface area contributed by atoms with Crippen LogP contribution in [-0.2, 0) is 31.8 Å². The second-order valence-corrected chi connectivity index (χ2v) is 9.91. The molecule has 1 amide bonds. The predicted octanol–water partition coefficient (Wildman–Crippen LogP) is 4.03. The standard InChI is InChI=1S/C24H34N2O5S/c1-4-11-32-14-22-24(30-16-29-3,23(27)26(22)15-28-2)13-20-19-12-18(8-7-17-5-6-17)31-21(19)9-10-25-20/h9-10,12,17,22H,4-8,11,13-16H2,1-3H3/t22-,24+/m0/s1. The van der Waals surface area contributed by atoms with E-state index in [1.807, 2.05) is 17.8 Å². The minimum absolute atomic E-state index is 0.0511. The van der Waals surface area contributed by atoms with E-state index in [9.17, 15) is 4.79 Å². The minimum Gasteiger partial charge on any atom is -0.461 e. The van der Waals surface area contributed by atoms with Crippen molar-refractivity contribution in [3.8, 4) is 0 Å². The second-order valence-electron chi connectivity index (χ2n) is 8.76. The highest BCUT2D eigenvalue weighted by molar-refractivity contribution is 7.99. The predicted molar refractivity (Wildman–Crippen MR) is 125 cm³/mol. The first-order valence-electron chi connectivity index (χ1n) is 11.5. The first-order chi connectivity index (χ1) is 15.6. The number of aryl methyl sites for hydroxylation is 1. The van der Waals surface area contributed by atoms with Gasteiger partial charge in [-0.15, -0.1) is 0 Å². The van der Waals surface area contributed by atoms with E-state index in [1.54, 1.807) is 25.3 Å². The molecule has 7 nitrogen and oxygen atoms in total. The van der Waals surface area contributed by atoms with Crippen molar-refractivity contribution >= 4 is 28.6 Å². The molecular formula is C24H34N2O5S. The van der Waals surface area contributed by atoms with Gasteiger partial charge >= 0.3 is 0 Å². The quantitative estimate of drug-likeness (QED) is 0.238. The number of likely N-dealkylation sites (tertiary alicyclic amines) is 1. The van der Waals surface area contributed by atoms with Crippen molar-refractivity contribution in [3.05, 3.63) is 29.8 Å². The number of carbonyl (C=O) groups excluding carboxylic acids is 1. The van der Waals surface area contributed by atoms with Crippen LogP contribution in [0, 0.1) is 5.92 Å². The number of β-lactam (4-membered cyclic amide) rings is 1. The van der Waals surface area contributed by atoms with Gasteiger partial charge in [-0.05, 0) is 36.6 Å². The van der Waals surface area contributed by atoms with E-state index in [4.69, 9.17) is 18.6 Å². The first kappa shape index (κ1) is 23.5. The SMILES string of the molecule is CCCSC[C@@H]1N(COC)C(=O)[C@]1(Cc1nccc2oc(CCC3CC3)cc12)OCOC. The van der Waals surface area contributed by atoms with Gasteiger partial charge in [0.1, 0.15) is 24.9 Å². The minimum atomic E-state index is -1.01. The number of methoxy groups -OCH3 is 2. The summed E-state index contributed by atoms with van der Waals surface area (Å²) in [6.45, 7) is 2.46. The van der Waals surface area contributed by atoms with Gasteiger partial charge < -0.3 is 23.5 Å². The van der Waals surface area contributed by atoms with Crippen LogP contribution in [0.1, 0.15) is 44.1 Å². The van der Waals surface area contributed by atoms with E-state index < -0.39 is 5.60 Å². The number of fused-ring (bicyclic) bond motifs is 1. The van der Waals surface area contributed by atoms with E-state index in [1.165, 1.54) is 19.3 Å². The maximum absolute atomic E-state index is 13.4. The Morgan fingerprint density at radius 2 is 2.16 bits per heavy atom. The zero-order valence-corrected chi connectivity index (χ0v) is 20.1. The molecular weight excluding hydrogens is 428 g/mol. The van der Waals surface area contributed by atoms with Crippen molar-refractivity contribution in [1.82, 2.24) is 9.88 Å². The number of hydrogen-bond acceptors (Lipinski definition) is 7. The van der Waals surface area contributed by atoms with E-state index in [0.717, 1.165) is 52.7 Å². The number of nitrogens with zero attached hydrogens (tertiary/aromatic N) is 2. The van der Waals surface area contributed by atoms with E-state index in [0.29, 0.717) is 6.42 Å². The van der Waals surface area contributed by atoms with Gasteiger partial charge in [-0.2, -0.15) is 11.8 Å². The Labute approximate surface area is 194 Å². The summed E-state index contributed by atoms with van der Waals surface area (Å²) < 4.78 is 22.8. The van der Waals surface area contributed by atoms with Crippen LogP contribution < -0.4 is 0 Å². The maximum atomic E-state index is 13.4. The number of rotatable bonds is 14. The number of ether oxygens (including phenoxy) is 3. The largest absolute Gasteiger partial charge is 0.461 e. The van der Waals surface area contributed by atoms with Crippen LogP contribution in [0.3, 0.4) is 0 Å². The fourth-order valence-corrected chi connectivity index (χ4v) is 5.60. The Bertz CT molecular complexity index is 915. The molecule has 2 atom stereocenters. The molecule has 0 unspecified atom stereocenters. The third-order valence-corrected chi connectivity index (χ3v) is 7.62. The average Bonchev–Trinajstić information content (AvgIpc) is 3.54. The van der Waals surface area contributed by atoms with E-state index >= 15 is 0 Å². The van der Waals surface area contributed by atoms with Crippen molar-refractivity contribution in [2.45, 2.75) is 57.1 Å². The van der Waals surface area contributed by atoms with Crippen LogP contribution in [0.5, 0.6) is 0 Å². The lowest BCUT2D eigenvalue weighted by molar-refractivity contribution is -0.229. The van der Waals surface area contributed by atoms with Gasteiger partial charge in [0.25, 0.3) is 5.91 Å². The molecule has 0 bridgehead atoms. The number of furan rings is 1. The summed E-state index contributed by atoms with van der Waals surface area (Å²) in [4.78, 5) is 19.8. The topological polar surface area (TPSA) is 74.0 Å². The highest BCUT2D eigenvalue weighted by Gasteiger charge is 2.62. The van der Waals surface area contributed by atoms with Gasteiger partial charge in [0.15, 0.2) is 5.60 Å². The highest BCUT2D eigenvalue weighted by Crippen LogP contribution is 2.41. The number of pyridine rings is 1. The number of hydrogen-bond donors (Lipinski definition) is 0. The molecule has 1 aliphatic heterocycles. The Hall–Kier alpha value is -1.61. The molecule has 1 aliphatic carbocycles. The molecule has 1 saturated heterocycles. The molecule has 0 spiro atoms. The molecule has 2 aromatic rings. The molecule has 176 valence electrons. The maximum Gasteiger partial charge on any atom is 0.259 e. The average molecular weight is 463 g/mol. The van der Waals surface area contributed by atoms with Gasteiger partial charge in [-0.25, -0.2) is 0 Å². The molecule has 3 heterocycles. The number of amides is 1. The molecule has 2 aromatic heterocycles.